The monoisotopic (exact) mass is 296 g/mol. The molecule has 0 bridgehead atoms. The smallest absolute Gasteiger partial charge is 0.133 e. The van der Waals surface area contributed by atoms with Crippen LogP contribution in [0.25, 0.3) is 0 Å². The molecule has 0 saturated carbocycles. The van der Waals surface area contributed by atoms with Gasteiger partial charge < -0.3 is 10.6 Å². The summed E-state index contributed by atoms with van der Waals surface area (Å²) in [5, 5.41) is 0. The lowest BCUT2D eigenvalue weighted by Crippen LogP contribution is -2.63. The minimum Gasteiger partial charge on any atom is -0.399 e. The zero-order valence-electron chi connectivity index (χ0n) is 13.8. The Morgan fingerprint density at radius 1 is 1.14 bits per heavy atom. The fourth-order valence-electron chi connectivity index (χ4n) is 3.39. The molecule has 3 heteroatoms. The molecule has 1 fully saturated rings. The highest BCUT2D eigenvalue weighted by Gasteiger charge is 2.37. The van der Waals surface area contributed by atoms with Gasteiger partial charge in [-0.25, -0.2) is 0 Å². The lowest BCUT2D eigenvalue weighted by molar-refractivity contribution is 0.233. The molecule has 3 nitrogen and oxygen atoms in total. The molecular formula is C19H26N3+. The highest BCUT2D eigenvalue weighted by atomic mass is 15.4. The van der Waals surface area contributed by atoms with Gasteiger partial charge in [0.05, 0.1) is 20.1 Å². The van der Waals surface area contributed by atoms with Gasteiger partial charge in [-0.1, -0.05) is 12.1 Å². The van der Waals surface area contributed by atoms with Crippen molar-refractivity contribution in [2.45, 2.75) is 19.9 Å². The Kier molecular flexibility index (Phi) is 3.83. The van der Waals surface area contributed by atoms with Gasteiger partial charge in [0.25, 0.3) is 0 Å². The summed E-state index contributed by atoms with van der Waals surface area (Å²) in [6.45, 7) is 7.78. The van der Waals surface area contributed by atoms with Crippen LogP contribution >= 0.6 is 0 Å². The van der Waals surface area contributed by atoms with Crippen LogP contribution < -0.4 is 15.1 Å². The molecule has 2 aromatic rings. The number of piperazine rings is 1. The number of nitrogens with zero attached hydrogens (tertiary/aromatic N) is 2. The molecule has 3 rings (SSSR count). The van der Waals surface area contributed by atoms with E-state index in [9.17, 15) is 0 Å². The maximum Gasteiger partial charge on any atom is 0.133 e. The predicted molar refractivity (Wildman–Crippen MR) is 96.3 cm³/mol. The zero-order valence-corrected chi connectivity index (χ0v) is 13.8. The largest absolute Gasteiger partial charge is 0.399 e. The third-order valence-electron chi connectivity index (χ3n) is 5.14. The topological polar surface area (TPSA) is 29.3 Å². The van der Waals surface area contributed by atoms with Gasteiger partial charge >= 0.3 is 0 Å². The second-order valence-electron chi connectivity index (χ2n) is 6.72. The molecule has 2 atom stereocenters. The number of anilines is 2. The van der Waals surface area contributed by atoms with E-state index in [1.54, 1.807) is 0 Å². The summed E-state index contributed by atoms with van der Waals surface area (Å²) in [6, 6.07) is 17.7. The van der Waals surface area contributed by atoms with Gasteiger partial charge in [-0.3, -0.25) is 4.48 Å². The van der Waals surface area contributed by atoms with Gasteiger partial charge in [0, 0.05) is 17.4 Å². The van der Waals surface area contributed by atoms with Crippen LogP contribution in [0.2, 0.25) is 0 Å². The molecule has 1 aliphatic heterocycles. The van der Waals surface area contributed by atoms with Crippen molar-refractivity contribution in [3.63, 3.8) is 0 Å². The van der Waals surface area contributed by atoms with Crippen molar-refractivity contribution in [1.29, 1.82) is 0 Å². The molecule has 0 spiro atoms. The van der Waals surface area contributed by atoms with Crippen molar-refractivity contribution in [3.8, 4) is 0 Å². The molecule has 1 saturated heterocycles. The summed E-state index contributed by atoms with van der Waals surface area (Å²) in [5.41, 5.74) is 10.7. The summed E-state index contributed by atoms with van der Waals surface area (Å²) >= 11 is 0. The molecule has 1 heterocycles. The molecule has 2 aromatic carbocycles. The van der Waals surface area contributed by atoms with Crippen molar-refractivity contribution >= 4 is 17.1 Å². The van der Waals surface area contributed by atoms with Crippen LogP contribution in [-0.4, -0.2) is 32.7 Å². The van der Waals surface area contributed by atoms with Gasteiger partial charge in [0.15, 0.2) is 0 Å². The molecule has 116 valence electrons. The summed E-state index contributed by atoms with van der Waals surface area (Å²) in [5.74, 6) is 0. The number of nitrogens with two attached hydrogens (primary N) is 1. The Labute approximate surface area is 133 Å². The molecule has 1 aliphatic rings. The number of hydrogen-bond donors (Lipinski definition) is 1. The molecule has 0 radical (unpaired) electrons. The molecule has 0 amide bonds. The Morgan fingerprint density at radius 2 is 1.86 bits per heavy atom. The molecule has 0 aromatic heterocycles. The number of hydrogen-bond acceptors (Lipinski definition) is 2. The van der Waals surface area contributed by atoms with E-state index < -0.39 is 0 Å². The van der Waals surface area contributed by atoms with E-state index in [2.05, 4.69) is 62.2 Å². The number of nitrogen functional groups attached to an aromatic ring is 1. The lowest BCUT2D eigenvalue weighted by atomic mass is 10.1. The molecule has 0 aliphatic carbocycles. The lowest BCUT2D eigenvalue weighted by Gasteiger charge is -2.47. The van der Waals surface area contributed by atoms with Crippen molar-refractivity contribution in [2.24, 2.45) is 0 Å². The van der Waals surface area contributed by atoms with Gasteiger partial charge in [-0.15, -0.1) is 0 Å². The van der Waals surface area contributed by atoms with Crippen LogP contribution in [-0.2, 0) is 0 Å². The molecule has 2 N–H and O–H groups in total. The van der Waals surface area contributed by atoms with E-state index in [0.717, 1.165) is 29.8 Å². The van der Waals surface area contributed by atoms with Crippen LogP contribution in [0.4, 0.5) is 17.1 Å². The van der Waals surface area contributed by atoms with Crippen LogP contribution in [0.3, 0.4) is 0 Å². The van der Waals surface area contributed by atoms with E-state index in [-0.39, 0.29) is 0 Å². The molecule has 2 unspecified atom stereocenters. The summed E-state index contributed by atoms with van der Waals surface area (Å²) in [4.78, 5) is 2.47. The van der Waals surface area contributed by atoms with Crippen molar-refractivity contribution in [3.05, 3.63) is 54.1 Å². The van der Waals surface area contributed by atoms with Crippen molar-refractivity contribution in [2.75, 3.05) is 37.3 Å². The van der Waals surface area contributed by atoms with Gasteiger partial charge in [0.2, 0.25) is 0 Å². The van der Waals surface area contributed by atoms with Crippen molar-refractivity contribution in [1.82, 2.24) is 4.48 Å². The number of likely N-dealkylation sites (N-methyl/N-ethyl adjacent to an activating group) is 1. The first kappa shape index (κ1) is 14.9. The van der Waals surface area contributed by atoms with Gasteiger partial charge in [-0.2, -0.15) is 0 Å². The summed E-state index contributed by atoms with van der Waals surface area (Å²) < 4.78 is 1.01. The fraction of sp³-hybridized carbons (Fsp3) is 0.368. The molecular weight excluding hydrogens is 270 g/mol. The Bertz CT molecular complexity index is 650. The highest BCUT2D eigenvalue weighted by Crippen LogP contribution is 2.30. The van der Waals surface area contributed by atoms with Gasteiger partial charge in [-0.05, 0) is 49.7 Å². The third kappa shape index (κ3) is 2.69. The van der Waals surface area contributed by atoms with Crippen LogP contribution in [0.5, 0.6) is 0 Å². The maximum atomic E-state index is 5.80. The maximum absolute atomic E-state index is 5.80. The first-order valence-corrected chi connectivity index (χ1v) is 8.02. The van der Waals surface area contributed by atoms with E-state index in [1.165, 1.54) is 16.9 Å². The zero-order chi connectivity index (χ0) is 15.7. The predicted octanol–water partition coefficient (Wildman–Crippen LogP) is 3.42. The van der Waals surface area contributed by atoms with Crippen LogP contribution in [0, 0.1) is 6.92 Å². The standard InChI is InChI=1S/C19H26N3/c1-15-5-4-6-19(13-15)22(3)12-11-21(14-16(22)2)18-9-7-17(20)8-10-18/h4-10,13,16H,11-12,14,20H2,1-3H3/q+1. The number of benzene rings is 2. The number of aryl methyl sites for hydroxylation is 1. The first-order chi connectivity index (χ1) is 10.5. The van der Waals surface area contributed by atoms with Crippen LogP contribution in [0.15, 0.2) is 48.5 Å². The Balaban J connectivity index is 1.81. The second kappa shape index (κ2) is 5.65. The second-order valence-corrected chi connectivity index (χ2v) is 6.72. The average molecular weight is 296 g/mol. The van der Waals surface area contributed by atoms with E-state index in [4.69, 9.17) is 5.73 Å². The fourth-order valence-corrected chi connectivity index (χ4v) is 3.39. The van der Waals surface area contributed by atoms with E-state index >= 15 is 0 Å². The minimum atomic E-state index is 0.549. The summed E-state index contributed by atoms with van der Waals surface area (Å²) in [7, 11) is 2.36. The third-order valence-corrected chi connectivity index (χ3v) is 5.14. The van der Waals surface area contributed by atoms with Crippen LogP contribution in [0.1, 0.15) is 12.5 Å². The van der Waals surface area contributed by atoms with Crippen molar-refractivity contribution < 1.29 is 0 Å². The number of rotatable bonds is 2. The van der Waals surface area contributed by atoms with E-state index in [0.29, 0.717) is 6.04 Å². The average Bonchev–Trinajstić information content (AvgIpc) is 2.51. The Hall–Kier alpha value is -2.00. The first-order valence-electron chi connectivity index (χ1n) is 8.02. The number of quaternary nitrogens is 1. The highest BCUT2D eigenvalue weighted by molar-refractivity contribution is 5.55. The Morgan fingerprint density at radius 3 is 2.50 bits per heavy atom. The van der Waals surface area contributed by atoms with Gasteiger partial charge in [0.1, 0.15) is 18.3 Å². The quantitative estimate of drug-likeness (QED) is 0.679. The SMILES string of the molecule is Cc1cccc([N+]2(C)CCN(c3ccc(N)cc3)CC2C)c1. The summed E-state index contributed by atoms with van der Waals surface area (Å²) in [6.07, 6.45) is 0. The molecule has 22 heavy (non-hydrogen) atoms. The normalized spacial score (nSPS) is 25.2. The minimum absolute atomic E-state index is 0.549. The van der Waals surface area contributed by atoms with E-state index in [1.807, 2.05) is 12.1 Å².